The molecule has 19 heavy (non-hydrogen) atoms. The summed E-state index contributed by atoms with van der Waals surface area (Å²) in [5.74, 6) is -0.375. The summed E-state index contributed by atoms with van der Waals surface area (Å²) in [7, 11) is 0. The SMILES string of the molecule is O=c1oc2ccccc2n1Cc1ccc(Br)cc1Cl. The molecule has 2 aromatic carbocycles. The Balaban J connectivity index is 2.10. The lowest BCUT2D eigenvalue weighted by atomic mass is 10.2. The molecule has 0 radical (unpaired) electrons. The molecular weight excluding hydrogens is 330 g/mol. The Hall–Kier alpha value is -1.52. The van der Waals surface area contributed by atoms with Gasteiger partial charge in [-0.15, -0.1) is 0 Å². The number of hydrogen-bond donors (Lipinski definition) is 0. The highest BCUT2D eigenvalue weighted by Crippen LogP contribution is 2.23. The maximum absolute atomic E-state index is 11.9. The molecule has 0 unspecified atom stereocenters. The van der Waals surface area contributed by atoms with E-state index in [1.165, 1.54) is 0 Å². The van der Waals surface area contributed by atoms with Gasteiger partial charge >= 0.3 is 5.76 Å². The molecule has 1 heterocycles. The van der Waals surface area contributed by atoms with Crippen LogP contribution in [0.5, 0.6) is 0 Å². The summed E-state index contributed by atoms with van der Waals surface area (Å²) in [6, 6.07) is 12.9. The molecule has 0 spiro atoms. The first-order valence-electron chi connectivity index (χ1n) is 5.67. The summed E-state index contributed by atoms with van der Waals surface area (Å²) in [5, 5.41) is 0.617. The Morgan fingerprint density at radius 2 is 2.00 bits per heavy atom. The number of aromatic nitrogens is 1. The second-order valence-electron chi connectivity index (χ2n) is 4.16. The lowest BCUT2D eigenvalue weighted by Crippen LogP contribution is -2.15. The molecule has 0 atom stereocenters. The molecule has 3 nitrogen and oxygen atoms in total. The number of rotatable bonds is 2. The standard InChI is InChI=1S/C14H9BrClNO2/c15-10-6-5-9(11(16)7-10)8-17-12-3-1-2-4-13(12)19-14(17)18/h1-7H,8H2. The smallest absolute Gasteiger partial charge is 0.408 e. The predicted octanol–water partition coefficient (Wildman–Crippen LogP) is 4.06. The van der Waals surface area contributed by atoms with Crippen molar-refractivity contribution in [2.24, 2.45) is 0 Å². The van der Waals surface area contributed by atoms with Crippen LogP contribution in [-0.4, -0.2) is 4.57 Å². The van der Waals surface area contributed by atoms with Gasteiger partial charge in [-0.05, 0) is 29.8 Å². The topological polar surface area (TPSA) is 35.1 Å². The minimum Gasteiger partial charge on any atom is -0.408 e. The maximum Gasteiger partial charge on any atom is 0.420 e. The first-order valence-corrected chi connectivity index (χ1v) is 6.84. The van der Waals surface area contributed by atoms with Crippen LogP contribution in [-0.2, 0) is 6.54 Å². The van der Waals surface area contributed by atoms with Crippen molar-refractivity contribution in [2.45, 2.75) is 6.54 Å². The van der Waals surface area contributed by atoms with E-state index in [-0.39, 0.29) is 5.76 Å². The molecule has 0 saturated heterocycles. The molecule has 3 aromatic rings. The van der Waals surface area contributed by atoms with Crippen molar-refractivity contribution in [1.82, 2.24) is 4.57 Å². The number of oxazole rings is 1. The zero-order valence-corrected chi connectivity index (χ0v) is 12.1. The van der Waals surface area contributed by atoms with Gasteiger partial charge in [0.05, 0.1) is 12.1 Å². The van der Waals surface area contributed by atoms with Gasteiger partial charge in [0.25, 0.3) is 0 Å². The van der Waals surface area contributed by atoms with Gasteiger partial charge < -0.3 is 4.42 Å². The fourth-order valence-electron chi connectivity index (χ4n) is 1.98. The molecule has 0 fully saturated rings. The van der Waals surface area contributed by atoms with Crippen molar-refractivity contribution in [2.75, 3.05) is 0 Å². The van der Waals surface area contributed by atoms with Gasteiger partial charge in [-0.2, -0.15) is 0 Å². The van der Waals surface area contributed by atoms with E-state index in [1.807, 2.05) is 36.4 Å². The van der Waals surface area contributed by atoms with Crippen LogP contribution in [0.3, 0.4) is 0 Å². The molecule has 96 valence electrons. The number of fused-ring (bicyclic) bond motifs is 1. The third-order valence-corrected chi connectivity index (χ3v) is 3.76. The fraction of sp³-hybridized carbons (Fsp3) is 0.0714. The van der Waals surface area contributed by atoms with Crippen LogP contribution in [0.15, 0.2) is 56.1 Å². The van der Waals surface area contributed by atoms with Crippen LogP contribution in [0.4, 0.5) is 0 Å². The lowest BCUT2D eigenvalue weighted by Gasteiger charge is -2.05. The summed E-state index contributed by atoms with van der Waals surface area (Å²) in [6.45, 7) is 0.391. The van der Waals surface area contributed by atoms with Gasteiger partial charge in [-0.1, -0.05) is 45.7 Å². The summed E-state index contributed by atoms with van der Waals surface area (Å²) in [5.41, 5.74) is 2.23. The average Bonchev–Trinajstić information content (AvgIpc) is 2.69. The van der Waals surface area contributed by atoms with E-state index >= 15 is 0 Å². The quantitative estimate of drug-likeness (QED) is 0.706. The molecule has 5 heteroatoms. The highest BCUT2D eigenvalue weighted by atomic mass is 79.9. The number of nitrogens with zero attached hydrogens (tertiary/aromatic N) is 1. The van der Waals surface area contributed by atoms with Crippen LogP contribution >= 0.6 is 27.5 Å². The Kier molecular flexibility index (Phi) is 3.21. The molecular formula is C14H9BrClNO2. The summed E-state index contributed by atoms with van der Waals surface area (Å²) in [6.07, 6.45) is 0. The minimum atomic E-state index is -0.375. The molecule has 0 aliphatic heterocycles. The number of hydrogen-bond acceptors (Lipinski definition) is 2. The Bertz CT molecular complexity index is 807. The van der Waals surface area contributed by atoms with Crippen molar-refractivity contribution in [3.05, 3.63) is 68.1 Å². The van der Waals surface area contributed by atoms with Crippen molar-refractivity contribution in [1.29, 1.82) is 0 Å². The molecule has 0 amide bonds. The van der Waals surface area contributed by atoms with Gasteiger partial charge in [0, 0.05) is 9.50 Å². The molecule has 3 rings (SSSR count). The van der Waals surface area contributed by atoms with E-state index in [0.717, 1.165) is 15.6 Å². The zero-order chi connectivity index (χ0) is 13.4. The normalized spacial score (nSPS) is 11.1. The second-order valence-corrected chi connectivity index (χ2v) is 5.48. The minimum absolute atomic E-state index is 0.375. The monoisotopic (exact) mass is 337 g/mol. The summed E-state index contributed by atoms with van der Waals surface area (Å²) >= 11 is 9.53. The third kappa shape index (κ3) is 2.33. The molecule has 1 aromatic heterocycles. The molecule has 0 aliphatic rings. The Morgan fingerprint density at radius 3 is 2.79 bits per heavy atom. The summed E-state index contributed by atoms with van der Waals surface area (Å²) in [4.78, 5) is 11.9. The highest BCUT2D eigenvalue weighted by Gasteiger charge is 2.10. The van der Waals surface area contributed by atoms with Crippen LogP contribution in [0.2, 0.25) is 5.02 Å². The van der Waals surface area contributed by atoms with Gasteiger partial charge in [0.2, 0.25) is 0 Å². The number of benzene rings is 2. The van der Waals surface area contributed by atoms with E-state index in [9.17, 15) is 4.79 Å². The van der Waals surface area contributed by atoms with Crippen molar-refractivity contribution < 1.29 is 4.42 Å². The average molecular weight is 339 g/mol. The van der Waals surface area contributed by atoms with Crippen molar-refractivity contribution in [3.63, 3.8) is 0 Å². The van der Waals surface area contributed by atoms with E-state index < -0.39 is 0 Å². The fourth-order valence-corrected chi connectivity index (χ4v) is 2.72. The van der Waals surface area contributed by atoms with E-state index in [2.05, 4.69) is 15.9 Å². The lowest BCUT2D eigenvalue weighted by molar-refractivity contribution is 0.518. The Labute approximate surface area is 122 Å². The molecule has 0 saturated carbocycles. The third-order valence-electron chi connectivity index (χ3n) is 2.92. The van der Waals surface area contributed by atoms with Crippen molar-refractivity contribution >= 4 is 38.6 Å². The maximum atomic E-state index is 11.9. The van der Waals surface area contributed by atoms with Gasteiger partial charge in [0.15, 0.2) is 5.58 Å². The predicted molar refractivity (Wildman–Crippen MR) is 78.7 cm³/mol. The largest absolute Gasteiger partial charge is 0.420 e. The van der Waals surface area contributed by atoms with Crippen LogP contribution in [0, 0.1) is 0 Å². The van der Waals surface area contributed by atoms with Crippen LogP contribution < -0.4 is 5.76 Å². The van der Waals surface area contributed by atoms with Gasteiger partial charge in [0.1, 0.15) is 0 Å². The Morgan fingerprint density at radius 1 is 1.21 bits per heavy atom. The highest BCUT2D eigenvalue weighted by molar-refractivity contribution is 9.10. The molecule has 0 aliphatic carbocycles. The zero-order valence-electron chi connectivity index (χ0n) is 9.77. The number of halogens is 2. The van der Waals surface area contributed by atoms with E-state index in [4.69, 9.17) is 16.0 Å². The first kappa shape index (κ1) is 12.5. The van der Waals surface area contributed by atoms with E-state index in [0.29, 0.717) is 17.2 Å². The van der Waals surface area contributed by atoms with Crippen LogP contribution in [0.25, 0.3) is 11.1 Å². The first-order chi connectivity index (χ1) is 9.15. The van der Waals surface area contributed by atoms with E-state index in [1.54, 1.807) is 10.6 Å². The van der Waals surface area contributed by atoms with Gasteiger partial charge in [-0.3, -0.25) is 4.57 Å². The summed E-state index contributed by atoms with van der Waals surface area (Å²) < 4.78 is 7.67. The van der Waals surface area contributed by atoms with Crippen molar-refractivity contribution in [3.8, 4) is 0 Å². The van der Waals surface area contributed by atoms with Gasteiger partial charge in [-0.25, -0.2) is 4.79 Å². The second kappa shape index (κ2) is 4.87. The number of para-hydroxylation sites is 2. The molecule has 0 bridgehead atoms. The van der Waals surface area contributed by atoms with Crippen LogP contribution in [0.1, 0.15) is 5.56 Å². The molecule has 0 N–H and O–H groups in total.